The molecule has 0 N–H and O–H groups in total. The summed E-state index contributed by atoms with van der Waals surface area (Å²) in [6, 6.07) is 12.0. The van der Waals surface area contributed by atoms with Gasteiger partial charge in [-0.2, -0.15) is 0 Å². The van der Waals surface area contributed by atoms with Crippen LogP contribution in [0.1, 0.15) is 38.2 Å². The first-order valence-corrected chi connectivity index (χ1v) is 11.2. The molecule has 7 heteroatoms. The molecular weight excluding hydrogens is 418 g/mol. The molecule has 2 aromatic carbocycles. The number of benzene rings is 2. The highest BCUT2D eigenvalue weighted by Crippen LogP contribution is 2.37. The number of nitrogens with zero attached hydrogens (tertiary/aromatic N) is 1. The minimum absolute atomic E-state index is 0.0756. The van der Waals surface area contributed by atoms with Crippen LogP contribution in [0.2, 0.25) is 0 Å². The number of thioether (sulfide) groups is 1. The van der Waals surface area contributed by atoms with Crippen molar-refractivity contribution in [1.29, 1.82) is 0 Å². The normalized spacial score (nSPS) is 15.3. The number of ether oxygens (including phenoxy) is 2. The fourth-order valence-electron chi connectivity index (χ4n) is 3.35. The van der Waals surface area contributed by atoms with Gasteiger partial charge in [0.05, 0.1) is 18.6 Å². The van der Waals surface area contributed by atoms with Crippen molar-refractivity contribution >= 4 is 57.0 Å². The van der Waals surface area contributed by atoms with Gasteiger partial charge in [0.1, 0.15) is 10.1 Å². The molecule has 0 spiro atoms. The minimum Gasteiger partial charge on any atom is -0.493 e. The molecule has 1 amide bonds. The third-order valence-electron chi connectivity index (χ3n) is 4.87. The van der Waals surface area contributed by atoms with Crippen molar-refractivity contribution in [3.8, 4) is 5.75 Å². The predicted octanol–water partition coefficient (Wildman–Crippen LogP) is 5.17. The number of carbonyl (C=O) groups excluding carboxylic acids is 2. The summed E-state index contributed by atoms with van der Waals surface area (Å²) in [7, 11) is 1.39. The van der Waals surface area contributed by atoms with E-state index in [9.17, 15) is 9.59 Å². The summed E-state index contributed by atoms with van der Waals surface area (Å²) in [6.45, 7) is 3.04. The number of rotatable bonds is 9. The summed E-state index contributed by atoms with van der Waals surface area (Å²) in [5.74, 6) is 0.473. The lowest BCUT2D eigenvalue weighted by Crippen LogP contribution is -2.29. The van der Waals surface area contributed by atoms with Crippen LogP contribution in [0.4, 0.5) is 0 Å². The number of carbonyl (C=O) groups is 2. The first kappa shape index (κ1) is 22.3. The Morgan fingerprint density at radius 3 is 2.73 bits per heavy atom. The van der Waals surface area contributed by atoms with E-state index in [2.05, 4.69) is 4.74 Å². The molecule has 1 fully saturated rings. The molecule has 5 nitrogen and oxygen atoms in total. The van der Waals surface area contributed by atoms with Crippen LogP contribution in [-0.2, 0) is 14.3 Å². The zero-order valence-electron chi connectivity index (χ0n) is 17.2. The first-order chi connectivity index (χ1) is 14.5. The quantitative estimate of drug-likeness (QED) is 0.231. The van der Waals surface area contributed by atoms with Gasteiger partial charge in [0, 0.05) is 18.5 Å². The second-order valence-electron chi connectivity index (χ2n) is 6.85. The monoisotopic (exact) mass is 443 g/mol. The maximum Gasteiger partial charge on any atom is 0.305 e. The van der Waals surface area contributed by atoms with Crippen LogP contribution in [0.25, 0.3) is 16.8 Å². The second kappa shape index (κ2) is 10.6. The molecule has 158 valence electrons. The topological polar surface area (TPSA) is 55.8 Å². The third kappa shape index (κ3) is 5.21. The molecule has 1 aliphatic heterocycles. The number of amides is 1. The molecule has 0 saturated carbocycles. The van der Waals surface area contributed by atoms with E-state index in [1.165, 1.54) is 18.9 Å². The number of unbranched alkanes of at least 4 members (excludes halogenated alkanes) is 2. The Morgan fingerprint density at radius 2 is 1.97 bits per heavy atom. The van der Waals surface area contributed by atoms with Gasteiger partial charge in [-0.3, -0.25) is 14.5 Å². The van der Waals surface area contributed by atoms with Gasteiger partial charge in [-0.05, 0) is 42.7 Å². The zero-order chi connectivity index (χ0) is 21.5. The Morgan fingerprint density at radius 1 is 1.17 bits per heavy atom. The van der Waals surface area contributed by atoms with Gasteiger partial charge in [-0.25, -0.2) is 0 Å². The summed E-state index contributed by atoms with van der Waals surface area (Å²) in [4.78, 5) is 26.4. The van der Waals surface area contributed by atoms with Crippen molar-refractivity contribution < 1.29 is 19.1 Å². The van der Waals surface area contributed by atoms with E-state index >= 15 is 0 Å². The lowest BCUT2D eigenvalue weighted by atomic mass is 10.0. The van der Waals surface area contributed by atoms with Crippen LogP contribution in [0, 0.1) is 0 Å². The van der Waals surface area contributed by atoms with Gasteiger partial charge >= 0.3 is 5.97 Å². The fourth-order valence-corrected chi connectivity index (χ4v) is 4.64. The van der Waals surface area contributed by atoms with Crippen LogP contribution < -0.4 is 4.74 Å². The molecular formula is C23H25NO4S2. The van der Waals surface area contributed by atoms with Crippen LogP contribution in [0.15, 0.2) is 41.3 Å². The second-order valence-corrected chi connectivity index (χ2v) is 8.53. The maximum absolute atomic E-state index is 13.0. The molecule has 3 rings (SSSR count). The maximum atomic E-state index is 13.0. The molecule has 0 bridgehead atoms. The van der Waals surface area contributed by atoms with E-state index in [0.29, 0.717) is 28.8 Å². The van der Waals surface area contributed by atoms with Gasteiger partial charge in [0.2, 0.25) is 0 Å². The van der Waals surface area contributed by atoms with Crippen molar-refractivity contribution in [2.24, 2.45) is 0 Å². The van der Waals surface area contributed by atoms with Crippen molar-refractivity contribution in [2.45, 2.75) is 32.6 Å². The highest BCUT2D eigenvalue weighted by atomic mass is 32.2. The summed E-state index contributed by atoms with van der Waals surface area (Å²) in [6.07, 6.45) is 4.66. The van der Waals surface area contributed by atoms with Gasteiger partial charge in [0.25, 0.3) is 5.91 Å². The number of hydrogen-bond acceptors (Lipinski definition) is 6. The molecule has 30 heavy (non-hydrogen) atoms. The van der Waals surface area contributed by atoms with E-state index < -0.39 is 0 Å². The molecule has 2 aromatic rings. The Labute approximate surface area is 186 Å². The number of fused-ring (bicyclic) bond motifs is 1. The van der Waals surface area contributed by atoms with E-state index in [4.69, 9.17) is 17.0 Å². The van der Waals surface area contributed by atoms with Gasteiger partial charge in [0.15, 0.2) is 0 Å². The Kier molecular flexibility index (Phi) is 7.87. The zero-order valence-corrected chi connectivity index (χ0v) is 18.8. The molecule has 0 aromatic heterocycles. The number of thiocarbonyl (C=S) groups is 1. The van der Waals surface area contributed by atoms with Crippen molar-refractivity contribution in [3.05, 3.63) is 46.9 Å². The van der Waals surface area contributed by atoms with Gasteiger partial charge in [-0.1, -0.05) is 60.7 Å². The van der Waals surface area contributed by atoms with Crippen LogP contribution >= 0.6 is 24.0 Å². The van der Waals surface area contributed by atoms with Crippen LogP contribution in [0.3, 0.4) is 0 Å². The molecule has 1 aliphatic rings. The number of hydrogen-bond donors (Lipinski definition) is 0. The summed E-state index contributed by atoms with van der Waals surface area (Å²) in [5.41, 5.74) is 0.897. The molecule has 1 saturated heterocycles. The third-order valence-corrected chi connectivity index (χ3v) is 6.25. The smallest absolute Gasteiger partial charge is 0.305 e. The summed E-state index contributed by atoms with van der Waals surface area (Å²) < 4.78 is 11.0. The van der Waals surface area contributed by atoms with Gasteiger partial charge < -0.3 is 9.47 Å². The molecule has 1 heterocycles. The molecule has 0 radical (unpaired) electrons. The SMILES string of the molecule is CCOc1ccc2ccccc2c1/C=C1/SC(=S)N(CCCCCC(=O)OC)C1=O. The molecule has 0 aliphatic carbocycles. The average Bonchev–Trinajstić information content (AvgIpc) is 3.02. The van der Waals surface area contributed by atoms with E-state index in [0.717, 1.165) is 41.3 Å². The fraction of sp³-hybridized carbons (Fsp3) is 0.348. The van der Waals surface area contributed by atoms with Crippen LogP contribution in [0.5, 0.6) is 5.75 Å². The Balaban J connectivity index is 1.75. The molecule has 0 atom stereocenters. The summed E-state index contributed by atoms with van der Waals surface area (Å²) >= 11 is 6.77. The van der Waals surface area contributed by atoms with Gasteiger partial charge in [-0.15, -0.1) is 0 Å². The minimum atomic E-state index is -0.205. The first-order valence-electron chi connectivity index (χ1n) is 10.0. The Bertz CT molecular complexity index is 986. The lowest BCUT2D eigenvalue weighted by molar-refractivity contribution is -0.140. The predicted molar refractivity (Wildman–Crippen MR) is 125 cm³/mol. The van der Waals surface area contributed by atoms with Crippen molar-refractivity contribution in [2.75, 3.05) is 20.3 Å². The van der Waals surface area contributed by atoms with Crippen molar-refractivity contribution in [3.63, 3.8) is 0 Å². The lowest BCUT2D eigenvalue weighted by Gasteiger charge is -2.14. The summed E-state index contributed by atoms with van der Waals surface area (Å²) in [5, 5.41) is 2.13. The van der Waals surface area contributed by atoms with Crippen LogP contribution in [-0.4, -0.2) is 41.4 Å². The Hall–Kier alpha value is -2.38. The number of methoxy groups -OCH3 is 1. The highest BCUT2D eigenvalue weighted by molar-refractivity contribution is 8.26. The standard InChI is InChI=1S/C23H25NO4S2/c1-3-28-19-13-12-16-9-6-7-10-17(16)18(19)15-20-22(26)24(23(29)30-20)14-8-4-5-11-21(25)27-2/h6-7,9-10,12-13,15H,3-5,8,11,14H2,1-2H3/b20-15+. The highest BCUT2D eigenvalue weighted by Gasteiger charge is 2.31. The number of esters is 1. The molecule has 0 unspecified atom stereocenters. The van der Waals surface area contributed by atoms with E-state index in [1.807, 2.05) is 49.4 Å². The average molecular weight is 444 g/mol. The van der Waals surface area contributed by atoms with Crippen molar-refractivity contribution in [1.82, 2.24) is 4.90 Å². The largest absolute Gasteiger partial charge is 0.493 e. The van der Waals surface area contributed by atoms with E-state index in [1.54, 1.807) is 4.90 Å². The van der Waals surface area contributed by atoms with E-state index in [-0.39, 0.29) is 11.9 Å².